The van der Waals surface area contributed by atoms with Crippen LogP contribution in [0.5, 0.6) is 0 Å². The molecule has 1 amide bonds. The number of nitrogens with one attached hydrogen (secondary N) is 2. The van der Waals surface area contributed by atoms with E-state index in [1.165, 1.54) is 11.1 Å². The number of carbonyl (C=O) groups is 1. The molecule has 2 N–H and O–H groups in total. The molecule has 0 bridgehead atoms. The lowest BCUT2D eigenvalue weighted by Gasteiger charge is -2.09. The van der Waals surface area contributed by atoms with E-state index in [1.807, 2.05) is 72.5 Å². The van der Waals surface area contributed by atoms with Gasteiger partial charge < -0.3 is 5.32 Å². The predicted octanol–water partition coefficient (Wildman–Crippen LogP) is 4.48. The monoisotopic (exact) mass is 460 g/mol. The Balaban J connectivity index is 1.38. The van der Waals surface area contributed by atoms with Crippen LogP contribution in [0.3, 0.4) is 0 Å². The minimum absolute atomic E-state index is 0.0393. The number of hydrogen-bond donors (Lipinski definition) is 2. The summed E-state index contributed by atoms with van der Waals surface area (Å²) in [5, 5.41) is 14.9. The first-order valence-corrected chi connectivity index (χ1v) is 11.4. The second-order valence-electron chi connectivity index (χ2n) is 8.19. The highest BCUT2D eigenvalue weighted by Crippen LogP contribution is 2.18. The van der Waals surface area contributed by atoms with Crippen LogP contribution in [0.25, 0.3) is 11.4 Å². The van der Waals surface area contributed by atoms with Gasteiger partial charge in [-0.25, -0.2) is 0 Å². The zero-order valence-electron chi connectivity index (χ0n) is 19.1. The van der Waals surface area contributed by atoms with Gasteiger partial charge in [0.2, 0.25) is 5.91 Å². The van der Waals surface area contributed by atoms with Gasteiger partial charge in [0, 0.05) is 36.3 Å². The molecule has 0 saturated heterocycles. The minimum atomic E-state index is -0.0393. The van der Waals surface area contributed by atoms with Crippen LogP contribution in [0.1, 0.15) is 34.5 Å². The Morgan fingerprint density at radius 3 is 2.52 bits per heavy atom. The Kier molecular flexibility index (Phi) is 6.84. The van der Waals surface area contributed by atoms with Gasteiger partial charge in [-0.1, -0.05) is 60.2 Å². The molecule has 8 heteroatoms. The number of carbonyl (C=O) groups excluding carboxylic acids is 1. The molecular weight excluding hydrogens is 432 g/mol. The summed E-state index contributed by atoms with van der Waals surface area (Å²) in [5.74, 6) is 0.698. The average Bonchev–Trinajstić information content (AvgIpc) is 3.30. The van der Waals surface area contributed by atoms with Crippen molar-refractivity contribution in [3.8, 4) is 11.4 Å². The van der Waals surface area contributed by atoms with E-state index in [-0.39, 0.29) is 5.91 Å². The van der Waals surface area contributed by atoms with Crippen LogP contribution in [-0.4, -0.2) is 30.5 Å². The average molecular weight is 461 g/mol. The number of rotatable bonds is 8. The van der Waals surface area contributed by atoms with Crippen molar-refractivity contribution in [3.63, 3.8) is 0 Å². The van der Waals surface area contributed by atoms with E-state index < -0.39 is 0 Å². The van der Waals surface area contributed by atoms with Gasteiger partial charge in [-0.05, 0) is 38.6 Å². The van der Waals surface area contributed by atoms with Gasteiger partial charge in [0.1, 0.15) is 0 Å². The van der Waals surface area contributed by atoms with Crippen molar-refractivity contribution >= 4 is 18.1 Å². The van der Waals surface area contributed by atoms with E-state index >= 15 is 0 Å². The number of aromatic amines is 1. The molecule has 2 heterocycles. The Bertz CT molecular complexity index is 1300. The molecule has 0 radical (unpaired) electrons. The molecular formula is C25H28N6OS. The Labute approximate surface area is 198 Å². The Morgan fingerprint density at radius 1 is 1.06 bits per heavy atom. The molecule has 0 aliphatic heterocycles. The smallest absolute Gasteiger partial charge is 0.222 e. The van der Waals surface area contributed by atoms with E-state index in [1.54, 1.807) is 0 Å². The lowest BCUT2D eigenvalue weighted by Crippen LogP contribution is -2.24. The van der Waals surface area contributed by atoms with Gasteiger partial charge in [-0.15, -0.1) is 0 Å². The Hall–Kier alpha value is -3.52. The van der Waals surface area contributed by atoms with Gasteiger partial charge in [-0.2, -0.15) is 10.2 Å². The molecule has 170 valence electrons. The molecule has 2 aromatic heterocycles. The summed E-state index contributed by atoms with van der Waals surface area (Å²) in [6.07, 6.45) is 0.308. The normalized spacial score (nSPS) is 11.0. The molecule has 0 spiro atoms. The summed E-state index contributed by atoms with van der Waals surface area (Å²) < 4.78 is 4.37. The van der Waals surface area contributed by atoms with Crippen LogP contribution < -0.4 is 5.32 Å². The number of nitrogens with zero attached hydrogens (tertiary/aromatic N) is 4. The van der Waals surface area contributed by atoms with Gasteiger partial charge in [0.05, 0.1) is 12.2 Å². The molecule has 33 heavy (non-hydrogen) atoms. The van der Waals surface area contributed by atoms with Crippen molar-refractivity contribution in [2.24, 2.45) is 0 Å². The van der Waals surface area contributed by atoms with Gasteiger partial charge in [0.15, 0.2) is 10.6 Å². The van der Waals surface area contributed by atoms with E-state index in [9.17, 15) is 4.79 Å². The fourth-order valence-corrected chi connectivity index (χ4v) is 4.06. The third-order valence-electron chi connectivity index (χ3n) is 5.80. The quantitative estimate of drug-likeness (QED) is 0.380. The van der Waals surface area contributed by atoms with Crippen molar-refractivity contribution in [2.45, 2.75) is 46.8 Å². The van der Waals surface area contributed by atoms with Crippen LogP contribution >= 0.6 is 12.2 Å². The maximum atomic E-state index is 12.6. The molecule has 0 saturated carbocycles. The second kappa shape index (κ2) is 9.95. The second-order valence-corrected chi connectivity index (χ2v) is 8.58. The number of hydrogen-bond acceptors (Lipinski definition) is 4. The Morgan fingerprint density at radius 2 is 1.79 bits per heavy atom. The van der Waals surface area contributed by atoms with Crippen LogP contribution in [0, 0.1) is 25.5 Å². The van der Waals surface area contributed by atoms with Crippen molar-refractivity contribution < 1.29 is 4.79 Å². The summed E-state index contributed by atoms with van der Waals surface area (Å²) in [7, 11) is 0. The fourth-order valence-electron chi connectivity index (χ4n) is 3.84. The number of amides is 1. The minimum Gasteiger partial charge on any atom is -0.352 e. The molecule has 0 fully saturated rings. The molecule has 0 atom stereocenters. The maximum absolute atomic E-state index is 12.6. The highest BCUT2D eigenvalue weighted by Gasteiger charge is 2.14. The molecule has 0 unspecified atom stereocenters. The number of aromatic nitrogens is 5. The first kappa shape index (κ1) is 22.7. The van der Waals surface area contributed by atoms with Crippen LogP contribution in [0.4, 0.5) is 0 Å². The fraction of sp³-hybridized carbons (Fsp3) is 0.280. The van der Waals surface area contributed by atoms with Crippen LogP contribution in [0.15, 0.2) is 54.6 Å². The van der Waals surface area contributed by atoms with Crippen molar-refractivity contribution in [2.75, 3.05) is 0 Å². The van der Waals surface area contributed by atoms with Gasteiger partial charge >= 0.3 is 0 Å². The third-order valence-corrected chi connectivity index (χ3v) is 6.11. The van der Waals surface area contributed by atoms with E-state index in [2.05, 4.69) is 32.7 Å². The lowest BCUT2D eigenvalue weighted by molar-refractivity contribution is -0.121. The van der Waals surface area contributed by atoms with Gasteiger partial charge in [0.25, 0.3) is 0 Å². The third kappa shape index (κ3) is 5.28. The first-order chi connectivity index (χ1) is 15.9. The van der Waals surface area contributed by atoms with Crippen molar-refractivity contribution in [1.82, 2.24) is 29.9 Å². The van der Waals surface area contributed by atoms with E-state index in [4.69, 9.17) is 12.2 Å². The maximum Gasteiger partial charge on any atom is 0.222 e. The van der Waals surface area contributed by atoms with Crippen LogP contribution in [0.2, 0.25) is 0 Å². The zero-order valence-corrected chi connectivity index (χ0v) is 19.9. The summed E-state index contributed by atoms with van der Waals surface area (Å²) in [6, 6.07) is 18.3. The lowest BCUT2D eigenvalue weighted by atomic mass is 10.1. The highest BCUT2D eigenvalue weighted by atomic mass is 32.1. The SMILES string of the molecule is Cc1ccc(-c2n[nH]c(=S)n2CCC(=O)NCc2c(C)nn(Cc3ccccc3)c2C)cc1. The summed E-state index contributed by atoms with van der Waals surface area (Å²) in [5.41, 5.74) is 6.39. The van der Waals surface area contributed by atoms with E-state index in [0.29, 0.717) is 30.8 Å². The van der Waals surface area contributed by atoms with Crippen molar-refractivity contribution in [1.29, 1.82) is 0 Å². The van der Waals surface area contributed by atoms with Crippen molar-refractivity contribution in [3.05, 3.63) is 87.4 Å². The highest BCUT2D eigenvalue weighted by molar-refractivity contribution is 7.71. The molecule has 4 aromatic rings. The molecule has 0 aliphatic rings. The number of benzene rings is 2. The standard InChI is InChI=1S/C25H28N6OS/c1-17-9-11-21(12-10-17)24-27-28-25(33)30(24)14-13-23(32)26-15-22-18(2)29-31(19(22)3)16-20-7-5-4-6-8-20/h4-12H,13-16H2,1-3H3,(H,26,32)(H,28,33). The molecule has 2 aromatic carbocycles. The van der Waals surface area contributed by atoms with E-state index in [0.717, 1.165) is 28.3 Å². The first-order valence-electron chi connectivity index (χ1n) is 11.0. The van der Waals surface area contributed by atoms with Gasteiger partial charge in [-0.3, -0.25) is 19.1 Å². The summed E-state index contributed by atoms with van der Waals surface area (Å²) in [4.78, 5) is 12.6. The molecule has 7 nitrogen and oxygen atoms in total. The molecule has 0 aliphatic carbocycles. The topological polar surface area (TPSA) is 80.5 Å². The summed E-state index contributed by atoms with van der Waals surface area (Å²) >= 11 is 5.38. The number of H-pyrrole nitrogens is 1. The zero-order chi connectivity index (χ0) is 23.4. The van der Waals surface area contributed by atoms with Crippen LogP contribution in [-0.2, 0) is 24.4 Å². The molecule has 4 rings (SSSR count). The predicted molar refractivity (Wildman–Crippen MR) is 131 cm³/mol. The number of aryl methyl sites for hydroxylation is 2. The largest absolute Gasteiger partial charge is 0.352 e. The summed E-state index contributed by atoms with van der Waals surface area (Å²) in [6.45, 7) is 7.68.